The Morgan fingerprint density at radius 1 is 0.289 bits per heavy atom. The van der Waals surface area contributed by atoms with Gasteiger partial charge in [-0.3, -0.25) is 14.4 Å². The van der Waals surface area contributed by atoms with Crippen molar-refractivity contribution in [3.05, 3.63) is 71.3 Å². The number of carbonyl (C=O) groups excluding carboxylic acids is 3. The normalized spacial score (nSPS) is 18.9. The van der Waals surface area contributed by atoms with Crippen LogP contribution in [0.4, 0.5) is 26.3 Å². The summed E-state index contributed by atoms with van der Waals surface area (Å²) in [5.74, 6) is -8.19. The number of carbonyl (C=O) groups is 3. The Hall–Kier alpha value is -4.95. The van der Waals surface area contributed by atoms with Crippen LogP contribution >= 0.6 is 0 Å². The van der Waals surface area contributed by atoms with Crippen molar-refractivity contribution in [2.45, 2.75) is 292 Å². The van der Waals surface area contributed by atoms with Gasteiger partial charge < -0.3 is 28.4 Å². The molecule has 9 nitrogen and oxygen atoms in total. The van der Waals surface area contributed by atoms with Crippen molar-refractivity contribution in [3.63, 3.8) is 0 Å². The van der Waals surface area contributed by atoms with Crippen molar-refractivity contribution < 1.29 is 69.1 Å². The first kappa shape index (κ1) is 77.5. The summed E-state index contributed by atoms with van der Waals surface area (Å²) in [5, 5.41) is 0. The molecule has 15 heteroatoms. The van der Waals surface area contributed by atoms with Crippen LogP contribution in [0.25, 0.3) is 0 Å². The average Bonchev–Trinajstić information content (AvgIpc) is 2.20. The number of halogens is 6. The zero-order chi connectivity index (χ0) is 65.3. The van der Waals surface area contributed by atoms with Gasteiger partial charge in [-0.15, -0.1) is 0 Å². The monoisotopic (exact) mass is 1270 g/mol. The maximum atomic E-state index is 14.4. The van der Waals surface area contributed by atoms with Crippen LogP contribution in [0.2, 0.25) is 0 Å². The molecule has 0 N–H and O–H groups in total. The molecule has 3 aliphatic carbocycles. The fraction of sp³-hybridized carbons (Fsp3) is 0.720. The molecule has 0 saturated heterocycles. The van der Waals surface area contributed by atoms with Crippen LogP contribution in [0.3, 0.4) is 0 Å². The van der Waals surface area contributed by atoms with Crippen molar-refractivity contribution in [2.75, 3.05) is 19.8 Å². The third kappa shape index (κ3) is 28.9. The summed E-state index contributed by atoms with van der Waals surface area (Å²) in [4.78, 5) is 37.3. The Morgan fingerprint density at radius 3 is 0.744 bits per heavy atom. The van der Waals surface area contributed by atoms with Crippen LogP contribution in [-0.2, 0) is 14.4 Å². The molecule has 6 rings (SSSR count). The lowest BCUT2D eigenvalue weighted by atomic mass is 9.80. The van der Waals surface area contributed by atoms with Gasteiger partial charge in [0.05, 0.1) is 37.6 Å². The van der Waals surface area contributed by atoms with E-state index < -0.39 is 52.8 Å². The van der Waals surface area contributed by atoms with Gasteiger partial charge in [-0.1, -0.05) is 196 Å². The van der Waals surface area contributed by atoms with Crippen LogP contribution in [-0.4, -0.2) is 37.7 Å². The highest BCUT2D eigenvalue weighted by atomic mass is 19.2. The van der Waals surface area contributed by atoms with Crippen molar-refractivity contribution in [1.29, 1.82) is 0 Å². The molecule has 0 amide bonds. The van der Waals surface area contributed by atoms with E-state index in [1.54, 1.807) is 0 Å². The van der Waals surface area contributed by atoms with E-state index in [0.717, 1.165) is 148 Å². The van der Waals surface area contributed by atoms with E-state index in [0.29, 0.717) is 37.6 Å². The van der Waals surface area contributed by atoms with Crippen LogP contribution in [0.15, 0.2) is 36.4 Å². The van der Waals surface area contributed by atoms with Gasteiger partial charge in [0.25, 0.3) is 0 Å². The molecule has 3 saturated carbocycles. The van der Waals surface area contributed by atoms with Gasteiger partial charge in [-0.05, 0) is 150 Å². The number of hydrogen-bond acceptors (Lipinski definition) is 9. The highest BCUT2D eigenvalue weighted by Crippen LogP contribution is 2.38. The van der Waals surface area contributed by atoms with E-state index in [1.807, 2.05) is 0 Å². The van der Waals surface area contributed by atoms with Crippen LogP contribution in [0, 0.1) is 70.4 Å². The number of ether oxygens (including phenoxy) is 6. The standard InChI is InChI=1S/C26H40F2O3.C25H38F2O3.C24H36F2O3/c1-3-5-7-8-9-11-19-30-22-17-18-23(25(28)24(22)27)31-26(29)21-15-13-20(14-16-21)12-10-6-4-2;1-3-5-7-8-10-18-29-21-16-17-22(24(27)23(21)26)30-25(28)20-14-12-19(13-15-20)11-9-6-4-2;1-3-5-7-9-17-28-20-15-16-21(23(26)22(20)25)29-24(27)19-13-11-18(12-14-19)10-8-6-4-2/h17-18,20-21H,3-16,19H2,1-2H3;16-17,19-20H,3-15,18H2,1-2H3;15-16,18-19H,3-14,17H2,1-2H3. The molecule has 90 heavy (non-hydrogen) atoms. The summed E-state index contributed by atoms with van der Waals surface area (Å²) in [6.45, 7) is 14.0. The molecule has 0 radical (unpaired) electrons. The summed E-state index contributed by atoms with van der Waals surface area (Å²) < 4.78 is 118. The Balaban J connectivity index is 0.000000288. The lowest BCUT2D eigenvalue weighted by Crippen LogP contribution is -2.26. The first-order valence-electron chi connectivity index (χ1n) is 35.7. The highest BCUT2D eigenvalue weighted by Gasteiger charge is 2.32. The van der Waals surface area contributed by atoms with Gasteiger partial charge in [-0.25, -0.2) is 0 Å². The third-order valence-corrected chi connectivity index (χ3v) is 18.4. The second-order valence-corrected chi connectivity index (χ2v) is 25.8. The minimum absolute atomic E-state index is 0.126. The molecule has 3 fully saturated rings. The van der Waals surface area contributed by atoms with Gasteiger partial charge in [0.15, 0.2) is 34.5 Å². The summed E-state index contributed by atoms with van der Waals surface area (Å²) >= 11 is 0. The molecule has 3 aromatic carbocycles. The SMILES string of the molecule is CCCCCCCCOc1ccc(OC(=O)C2CCC(CCCCC)CC2)c(F)c1F.CCCCCCCOc1ccc(OC(=O)C2CCC(CCCCC)CC2)c(F)c1F.CCCCCCOc1ccc(OC(=O)C2CCC(CCCCC)CC2)c(F)c1F. The van der Waals surface area contributed by atoms with Gasteiger partial charge in [-0.2, -0.15) is 26.3 Å². The minimum atomic E-state index is -1.15. The quantitative estimate of drug-likeness (QED) is 0.0239. The van der Waals surface area contributed by atoms with Crippen molar-refractivity contribution in [1.82, 2.24) is 0 Å². The Bertz CT molecular complexity index is 2450. The number of rotatable bonds is 39. The Morgan fingerprint density at radius 2 is 0.489 bits per heavy atom. The molecular weight excluding hydrogens is 1160 g/mol. The minimum Gasteiger partial charge on any atom is -0.490 e. The van der Waals surface area contributed by atoms with E-state index in [-0.39, 0.29) is 52.3 Å². The number of unbranched alkanes of at least 4 members (excludes halogenated alkanes) is 18. The lowest BCUT2D eigenvalue weighted by molar-refractivity contribution is -0.141. The topological polar surface area (TPSA) is 107 Å². The maximum Gasteiger partial charge on any atom is 0.314 e. The molecule has 0 bridgehead atoms. The fourth-order valence-corrected chi connectivity index (χ4v) is 12.5. The molecule has 0 atom stereocenters. The molecular formula is C75H114F6O9. The summed E-state index contributed by atoms with van der Waals surface area (Å²) in [5.41, 5.74) is 0. The first-order valence-corrected chi connectivity index (χ1v) is 35.7. The Labute approximate surface area is 538 Å². The van der Waals surface area contributed by atoms with Crippen LogP contribution in [0.1, 0.15) is 292 Å². The third-order valence-electron chi connectivity index (χ3n) is 18.4. The van der Waals surface area contributed by atoms with Crippen molar-refractivity contribution >= 4 is 17.9 Å². The first-order chi connectivity index (χ1) is 43.7. The molecule has 3 aliphatic rings. The van der Waals surface area contributed by atoms with Crippen LogP contribution < -0.4 is 28.4 Å². The van der Waals surface area contributed by atoms with Gasteiger partial charge >= 0.3 is 17.9 Å². The average molecular weight is 1270 g/mol. The van der Waals surface area contributed by atoms with Crippen molar-refractivity contribution in [3.8, 4) is 34.5 Å². The number of esters is 3. The predicted octanol–water partition coefficient (Wildman–Crippen LogP) is 22.8. The van der Waals surface area contributed by atoms with E-state index >= 15 is 0 Å². The van der Waals surface area contributed by atoms with E-state index in [9.17, 15) is 40.7 Å². The second kappa shape index (κ2) is 46.2. The largest absolute Gasteiger partial charge is 0.490 e. The molecule has 0 heterocycles. The smallest absolute Gasteiger partial charge is 0.314 e. The van der Waals surface area contributed by atoms with E-state index in [1.165, 1.54) is 139 Å². The van der Waals surface area contributed by atoms with Gasteiger partial charge in [0.1, 0.15) is 0 Å². The fourth-order valence-electron chi connectivity index (χ4n) is 12.5. The van der Waals surface area contributed by atoms with Gasteiger partial charge in [0, 0.05) is 0 Å². The predicted molar refractivity (Wildman–Crippen MR) is 348 cm³/mol. The Kier molecular flexibility index (Phi) is 39.8. The number of hydrogen-bond donors (Lipinski definition) is 0. The highest BCUT2D eigenvalue weighted by molar-refractivity contribution is 5.76. The molecule has 0 unspecified atom stereocenters. The molecule has 510 valence electrons. The second-order valence-electron chi connectivity index (χ2n) is 25.8. The van der Waals surface area contributed by atoms with Gasteiger partial charge in [0.2, 0.25) is 34.9 Å². The molecule has 0 spiro atoms. The van der Waals surface area contributed by atoms with Crippen molar-refractivity contribution in [2.24, 2.45) is 35.5 Å². The zero-order valence-corrected chi connectivity index (χ0v) is 56.1. The molecule has 0 aromatic heterocycles. The summed E-state index contributed by atoms with van der Waals surface area (Å²) in [7, 11) is 0. The summed E-state index contributed by atoms with van der Waals surface area (Å²) in [6, 6.07) is 7.91. The molecule has 0 aliphatic heterocycles. The van der Waals surface area contributed by atoms with E-state index in [4.69, 9.17) is 28.4 Å². The molecule has 3 aromatic rings. The number of benzene rings is 3. The maximum absolute atomic E-state index is 14.4. The summed E-state index contributed by atoms with van der Waals surface area (Å²) in [6.07, 6.45) is 41.2. The zero-order valence-electron chi connectivity index (χ0n) is 56.1. The van der Waals surface area contributed by atoms with Crippen LogP contribution in [0.5, 0.6) is 34.5 Å². The lowest BCUT2D eigenvalue weighted by Gasteiger charge is -2.27. The van der Waals surface area contributed by atoms with E-state index in [2.05, 4.69) is 41.5 Å².